The summed E-state index contributed by atoms with van der Waals surface area (Å²) in [5, 5.41) is 2.56. The average molecular weight is 267 g/mol. The maximum Gasteiger partial charge on any atom is 0.0957 e. The minimum Gasteiger partial charge on any atom is -0.332 e. The van der Waals surface area contributed by atoms with E-state index in [1.165, 1.54) is 29.3 Å². The third-order valence-electron chi connectivity index (χ3n) is 3.76. The zero-order valence-electron chi connectivity index (χ0n) is 12.2. The molecule has 0 N–H and O–H groups in total. The second-order valence-corrected chi connectivity index (χ2v) is 5.60. The lowest BCUT2D eigenvalue weighted by Crippen LogP contribution is -2.25. The van der Waals surface area contributed by atoms with Gasteiger partial charge in [-0.1, -0.05) is 24.3 Å². The van der Waals surface area contributed by atoms with Gasteiger partial charge < -0.3 is 9.80 Å². The highest BCUT2D eigenvalue weighted by atomic mass is 15.2. The highest BCUT2D eigenvalue weighted by Crippen LogP contribution is 2.36. The van der Waals surface area contributed by atoms with Crippen LogP contribution in [0.4, 0.5) is 11.4 Å². The molecule has 0 aliphatic carbocycles. The lowest BCUT2D eigenvalue weighted by atomic mass is 10.0. The largest absolute Gasteiger partial charge is 0.332 e. The van der Waals surface area contributed by atoms with Crippen molar-refractivity contribution in [1.82, 2.24) is 4.90 Å². The van der Waals surface area contributed by atoms with Crippen molar-refractivity contribution in [1.29, 1.82) is 0 Å². The summed E-state index contributed by atoms with van der Waals surface area (Å²) in [6.07, 6.45) is 4.38. The Morgan fingerprint density at radius 3 is 2.65 bits per heavy atom. The summed E-state index contributed by atoms with van der Waals surface area (Å²) in [5.41, 5.74) is 2.38. The zero-order valence-corrected chi connectivity index (χ0v) is 12.2. The Hall–Kier alpha value is -1.87. The van der Waals surface area contributed by atoms with Crippen molar-refractivity contribution >= 4 is 28.5 Å². The minimum absolute atomic E-state index is 1.03. The number of rotatable bonds is 5. The van der Waals surface area contributed by atoms with Crippen LogP contribution in [0.25, 0.3) is 10.8 Å². The van der Waals surface area contributed by atoms with Gasteiger partial charge in [-0.15, -0.1) is 0 Å². The standard InChI is InChI=1S/C17H21N3/c1-19(2)11-3-4-12-20-13-18-15-9-5-7-14-8-6-10-16(20)17(14)15/h5-10,13H,3-4,11-12H2,1-2H3. The zero-order chi connectivity index (χ0) is 13.9. The van der Waals surface area contributed by atoms with Gasteiger partial charge >= 0.3 is 0 Å². The lowest BCUT2D eigenvalue weighted by molar-refractivity contribution is 0.396. The molecule has 1 heterocycles. The first-order valence-corrected chi connectivity index (χ1v) is 7.23. The van der Waals surface area contributed by atoms with Gasteiger partial charge in [-0.05, 0) is 51.0 Å². The summed E-state index contributed by atoms with van der Waals surface area (Å²) in [4.78, 5) is 9.12. The first-order valence-electron chi connectivity index (χ1n) is 7.23. The highest BCUT2D eigenvalue weighted by molar-refractivity contribution is 6.09. The van der Waals surface area contributed by atoms with Gasteiger partial charge in [0.05, 0.1) is 17.7 Å². The van der Waals surface area contributed by atoms with E-state index < -0.39 is 0 Å². The molecule has 0 radical (unpaired) electrons. The highest BCUT2D eigenvalue weighted by Gasteiger charge is 2.14. The number of aliphatic imine (C=N–C) groups is 1. The van der Waals surface area contributed by atoms with Crippen molar-refractivity contribution in [3.05, 3.63) is 36.4 Å². The van der Waals surface area contributed by atoms with Crippen molar-refractivity contribution in [3.63, 3.8) is 0 Å². The van der Waals surface area contributed by atoms with Crippen molar-refractivity contribution in [2.24, 2.45) is 4.99 Å². The number of hydrogen-bond donors (Lipinski definition) is 0. The lowest BCUT2D eigenvalue weighted by Gasteiger charge is -2.25. The molecule has 104 valence electrons. The Morgan fingerprint density at radius 2 is 1.85 bits per heavy atom. The predicted molar refractivity (Wildman–Crippen MR) is 87.2 cm³/mol. The molecule has 0 unspecified atom stereocenters. The summed E-state index contributed by atoms with van der Waals surface area (Å²) in [6.45, 7) is 2.18. The van der Waals surface area contributed by atoms with Crippen LogP contribution in [-0.2, 0) is 0 Å². The summed E-state index contributed by atoms with van der Waals surface area (Å²) in [7, 11) is 4.25. The summed E-state index contributed by atoms with van der Waals surface area (Å²) < 4.78 is 0. The van der Waals surface area contributed by atoms with Crippen LogP contribution in [0.2, 0.25) is 0 Å². The smallest absolute Gasteiger partial charge is 0.0957 e. The molecule has 3 heteroatoms. The van der Waals surface area contributed by atoms with E-state index in [0.29, 0.717) is 0 Å². The van der Waals surface area contributed by atoms with Crippen molar-refractivity contribution < 1.29 is 0 Å². The minimum atomic E-state index is 1.03. The molecule has 0 atom stereocenters. The molecule has 0 fully saturated rings. The van der Waals surface area contributed by atoms with Gasteiger partial charge in [0.15, 0.2) is 0 Å². The molecule has 3 rings (SSSR count). The molecule has 2 aromatic rings. The first kappa shape index (κ1) is 13.1. The fraction of sp³-hybridized carbons (Fsp3) is 0.353. The second-order valence-electron chi connectivity index (χ2n) is 5.60. The second kappa shape index (κ2) is 5.63. The molecular weight excluding hydrogens is 246 g/mol. The van der Waals surface area contributed by atoms with Crippen LogP contribution in [0.3, 0.4) is 0 Å². The third kappa shape index (κ3) is 2.54. The van der Waals surface area contributed by atoms with Gasteiger partial charge in [0.1, 0.15) is 0 Å². The number of hydrogen-bond acceptors (Lipinski definition) is 3. The van der Waals surface area contributed by atoms with E-state index in [2.05, 4.69) is 65.3 Å². The number of anilines is 1. The number of benzene rings is 2. The fourth-order valence-electron chi connectivity index (χ4n) is 2.73. The van der Waals surface area contributed by atoms with E-state index in [4.69, 9.17) is 0 Å². The van der Waals surface area contributed by atoms with Crippen molar-refractivity contribution in [3.8, 4) is 0 Å². The summed E-state index contributed by atoms with van der Waals surface area (Å²) >= 11 is 0. The van der Waals surface area contributed by atoms with E-state index in [1.807, 2.05) is 6.34 Å². The molecule has 2 aromatic carbocycles. The van der Waals surface area contributed by atoms with E-state index >= 15 is 0 Å². The van der Waals surface area contributed by atoms with Crippen LogP contribution in [0, 0.1) is 0 Å². The normalized spacial score (nSPS) is 13.4. The molecule has 0 bridgehead atoms. The van der Waals surface area contributed by atoms with Gasteiger partial charge in [0.2, 0.25) is 0 Å². The van der Waals surface area contributed by atoms with Gasteiger partial charge in [-0.2, -0.15) is 0 Å². The molecule has 0 amide bonds. The molecular formula is C17H21N3. The molecule has 1 aliphatic heterocycles. The van der Waals surface area contributed by atoms with E-state index in [9.17, 15) is 0 Å². The van der Waals surface area contributed by atoms with Crippen LogP contribution in [0.5, 0.6) is 0 Å². The Kier molecular flexibility index (Phi) is 3.70. The SMILES string of the molecule is CN(C)CCCCN1C=Nc2cccc3cccc1c23. The fourth-order valence-corrected chi connectivity index (χ4v) is 2.73. The number of nitrogens with zero attached hydrogens (tertiary/aromatic N) is 3. The van der Waals surface area contributed by atoms with Gasteiger partial charge in [-0.3, -0.25) is 0 Å². The van der Waals surface area contributed by atoms with Crippen LogP contribution < -0.4 is 4.90 Å². The van der Waals surface area contributed by atoms with Crippen LogP contribution in [0.1, 0.15) is 12.8 Å². The third-order valence-corrected chi connectivity index (χ3v) is 3.76. The van der Waals surface area contributed by atoms with Crippen LogP contribution >= 0.6 is 0 Å². The molecule has 0 saturated carbocycles. The predicted octanol–water partition coefficient (Wildman–Crippen LogP) is 3.66. The first-order chi connectivity index (χ1) is 9.75. The topological polar surface area (TPSA) is 18.8 Å². The average Bonchev–Trinajstić information content (AvgIpc) is 2.46. The van der Waals surface area contributed by atoms with E-state index in [1.54, 1.807) is 0 Å². The van der Waals surface area contributed by atoms with Gasteiger partial charge in [0, 0.05) is 11.9 Å². The molecule has 1 aliphatic rings. The molecule has 3 nitrogen and oxygen atoms in total. The van der Waals surface area contributed by atoms with Crippen molar-refractivity contribution in [2.75, 3.05) is 32.1 Å². The maximum atomic E-state index is 4.60. The molecule has 20 heavy (non-hydrogen) atoms. The Morgan fingerprint density at radius 1 is 1.05 bits per heavy atom. The van der Waals surface area contributed by atoms with Crippen LogP contribution in [-0.4, -0.2) is 38.4 Å². The number of unbranched alkanes of at least 4 members (excludes halogenated alkanes) is 1. The Bertz CT molecular complexity index is 626. The van der Waals surface area contributed by atoms with E-state index in [-0.39, 0.29) is 0 Å². The van der Waals surface area contributed by atoms with E-state index in [0.717, 1.165) is 18.8 Å². The maximum absolute atomic E-state index is 4.60. The Labute approximate surface area is 120 Å². The summed E-state index contributed by atoms with van der Waals surface area (Å²) in [5.74, 6) is 0. The van der Waals surface area contributed by atoms with Gasteiger partial charge in [-0.25, -0.2) is 4.99 Å². The van der Waals surface area contributed by atoms with Crippen molar-refractivity contribution in [2.45, 2.75) is 12.8 Å². The quantitative estimate of drug-likeness (QED) is 0.770. The molecule has 0 spiro atoms. The van der Waals surface area contributed by atoms with Gasteiger partial charge in [0.25, 0.3) is 0 Å². The van der Waals surface area contributed by atoms with Crippen LogP contribution in [0.15, 0.2) is 41.4 Å². The molecule has 0 aromatic heterocycles. The Balaban J connectivity index is 1.79. The monoisotopic (exact) mass is 267 g/mol. The molecule has 0 saturated heterocycles. The summed E-state index contributed by atoms with van der Waals surface area (Å²) in [6, 6.07) is 12.8.